The van der Waals surface area contributed by atoms with Crippen molar-refractivity contribution in [3.63, 3.8) is 0 Å². The maximum atomic E-state index is 10.7. The highest BCUT2D eigenvalue weighted by Gasteiger charge is 2.40. The predicted molar refractivity (Wildman–Crippen MR) is 90.5 cm³/mol. The fraction of sp³-hybridized carbons (Fsp3) is 0.400. The van der Waals surface area contributed by atoms with E-state index in [0.29, 0.717) is 0 Å². The van der Waals surface area contributed by atoms with Crippen LogP contribution in [0, 0.1) is 5.92 Å². The van der Waals surface area contributed by atoms with Crippen molar-refractivity contribution in [3.8, 4) is 0 Å². The van der Waals surface area contributed by atoms with Crippen molar-refractivity contribution >= 4 is 0 Å². The lowest BCUT2D eigenvalue weighted by atomic mass is 9.77. The Morgan fingerprint density at radius 1 is 0.955 bits per heavy atom. The molecule has 0 aromatic heterocycles. The van der Waals surface area contributed by atoms with Crippen LogP contribution in [0.5, 0.6) is 0 Å². The van der Waals surface area contributed by atoms with Crippen LogP contribution in [0.1, 0.15) is 43.0 Å². The molecule has 22 heavy (non-hydrogen) atoms. The molecule has 0 aliphatic carbocycles. The lowest BCUT2D eigenvalue weighted by Gasteiger charge is -2.47. The average Bonchev–Trinajstić information content (AvgIpc) is 2.57. The van der Waals surface area contributed by atoms with Gasteiger partial charge in [-0.2, -0.15) is 0 Å². The monoisotopic (exact) mass is 295 g/mol. The zero-order valence-electron chi connectivity index (χ0n) is 13.4. The molecule has 1 fully saturated rings. The summed E-state index contributed by atoms with van der Waals surface area (Å²) in [5.41, 5.74) is 2.59. The number of likely N-dealkylation sites (tertiary alicyclic amines) is 1. The van der Waals surface area contributed by atoms with Gasteiger partial charge in [-0.1, -0.05) is 67.6 Å². The third kappa shape index (κ3) is 2.81. The molecule has 0 bridgehead atoms. The molecular weight excluding hydrogens is 270 g/mol. The first-order valence-electron chi connectivity index (χ1n) is 8.22. The number of hydrogen-bond donors (Lipinski definition) is 1. The minimum Gasteiger partial charge on any atom is -0.393 e. The van der Waals surface area contributed by atoms with Crippen LogP contribution in [-0.2, 0) is 0 Å². The van der Waals surface area contributed by atoms with E-state index >= 15 is 0 Å². The Balaban J connectivity index is 1.97. The van der Waals surface area contributed by atoms with Gasteiger partial charge in [0.25, 0.3) is 0 Å². The van der Waals surface area contributed by atoms with Gasteiger partial charge in [-0.25, -0.2) is 0 Å². The van der Waals surface area contributed by atoms with Gasteiger partial charge in [-0.05, 0) is 31.0 Å². The fourth-order valence-corrected chi connectivity index (χ4v) is 3.95. The minimum atomic E-state index is -0.253. The molecule has 0 saturated carbocycles. The van der Waals surface area contributed by atoms with Crippen LogP contribution in [0.15, 0.2) is 60.7 Å². The van der Waals surface area contributed by atoms with E-state index in [1.54, 1.807) is 0 Å². The maximum absolute atomic E-state index is 10.7. The standard InChI is InChI=1S/C20H25NO/c1-3-17-19(22)14-18(15-10-6-4-7-11-15)21(2)20(17)16-12-8-5-9-13-16/h4-13,17-20,22H,3,14H2,1-2H3. The van der Waals surface area contributed by atoms with E-state index < -0.39 is 0 Å². The fourth-order valence-electron chi connectivity index (χ4n) is 3.95. The first-order valence-corrected chi connectivity index (χ1v) is 8.22. The van der Waals surface area contributed by atoms with Crippen molar-refractivity contribution in [2.45, 2.75) is 38.0 Å². The van der Waals surface area contributed by atoms with Crippen molar-refractivity contribution in [3.05, 3.63) is 71.8 Å². The third-order valence-corrected chi connectivity index (χ3v) is 5.09. The minimum absolute atomic E-state index is 0.253. The highest BCUT2D eigenvalue weighted by atomic mass is 16.3. The van der Waals surface area contributed by atoms with Crippen molar-refractivity contribution in [2.24, 2.45) is 5.92 Å². The summed E-state index contributed by atoms with van der Waals surface area (Å²) in [4.78, 5) is 2.45. The normalized spacial score (nSPS) is 29.4. The summed E-state index contributed by atoms with van der Waals surface area (Å²) < 4.78 is 0. The number of aliphatic hydroxyl groups is 1. The summed E-state index contributed by atoms with van der Waals surface area (Å²) in [5.74, 6) is 0.285. The molecule has 3 rings (SSSR count). The van der Waals surface area contributed by atoms with E-state index in [0.717, 1.165) is 12.8 Å². The van der Waals surface area contributed by atoms with Crippen LogP contribution < -0.4 is 0 Å². The zero-order valence-corrected chi connectivity index (χ0v) is 13.4. The summed E-state index contributed by atoms with van der Waals surface area (Å²) in [7, 11) is 2.20. The van der Waals surface area contributed by atoms with Crippen LogP contribution >= 0.6 is 0 Å². The summed E-state index contributed by atoms with van der Waals surface area (Å²) >= 11 is 0. The Morgan fingerprint density at radius 3 is 2.05 bits per heavy atom. The first kappa shape index (κ1) is 15.3. The third-order valence-electron chi connectivity index (χ3n) is 5.09. The largest absolute Gasteiger partial charge is 0.393 e. The molecule has 2 aromatic rings. The van der Waals surface area contributed by atoms with Gasteiger partial charge in [-0.3, -0.25) is 4.90 Å². The molecule has 0 spiro atoms. The van der Waals surface area contributed by atoms with Gasteiger partial charge in [0.1, 0.15) is 0 Å². The van der Waals surface area contributed by atoms with Gasteiger partial charge in [0.15, 0.2) is 0 Å². The molecule has 1 saturated heterocycles. The van der Waals surface area contributed by atoms with Crippen LogP contribution in [0.25, 0.3) is 0 Å². The molecular formula is C20H25NO. The number of hydrogen-bond acceptors (Lipinski definition) is 2. The Labute approximate surface area is 133 Å². The summed E-state index contributed by atoms with van der Waals surface area (Å²) in [6.45, 7) is 2.18. The molecule has 4 unspecified atom stereocenters. The van der Waals surface area contributed by atoms with Crippen molar-refractivity contribution in [2.75, 3.05) is 7.05 Å². The molecule has 1 heterocycles. The second-order valence-corrected chi connectivity index (χ2v) is 6.32. The van der Waals surface area contributed by atoms with Crippen LogP contribution in [0.4, 0.5) is 0 Å². The van der Waals surface area contributed by atoms with E-state index in [9.17, 15) is 5.11 Å². The van der Waals surface area contributed by atoms with Gasteiger partial charge < -0.3 is 5.11 Å². The highest BCUT2D eigenvalue weighted by molar-refractivity contribution is 5.25. The van der Waals surface area contributed by atoms with E-state index in [2.05, 4.69) is 73.5 Å². The summed E-state index contributed by atoms with van der Waals surface area (Å²) in [5, 5.41) is 10.7. The van der Waals surface area contributed by atoms with Crippen molar-refractivity contribution < 1.29 is 5.11 Å². The lowest BCUT2D eigenvalue weighted by Crippen LogP contribution is -2.45. The van der Waals surface area contributed by atoms with Crippen molar-refractivity contribution in [1.82, 2.24) is 4.90 Å². The summed E-state index contributed by atoms with van der Waals surface area (Å²) in [6.07, 6.45) is 1.55. The summed E-state index contributed by atoms with van der Waals surface area (Å²) in [6, 6.07) is 21.7. The molecule has 0 radical (unpaired) electrons. The van der Waals surface area contributed by atoms with Crippen LogP contribution in [-0.4, -0.2) is 23.2 Å². The molecule has 2 heteroatoms. The van der Waals surface area contributed by atoms with E-state index in [1.165, 1.54) is 11.1 Å². The number of nitrogens with zero attached hydrogens (tertiary/aromatic N) is 1. The SMILES string of the molecule is CCC1C(O)CC(c2ccccc2)N(C)C1c1ccccc1. The van der Waals surface area contributed by atoms with Crippen LogP contribution in [0.2, 0.25) is 0 Å². The van der Waals surface area contributed by atoms with Gasteiger partial charge >= 0.3 is 0 Å². The molecule has 1 N–H and O–H groups in total. The Morgan fingerprint density at radius 2 is 1.50 bits per heavy atom. The molecule has 1 aliphatic rings. The maximum Gasteiger partial charge on any atom is 0.0604 e. The number of aliphatic hydroxyl groups excluding tert-OH is 1. The smallest absolute Gasteiger partial charge is 0.0604 e. The number of piperidine rings is 1. The molecule has 2 nitrogen and oxygen atoms in total. The van der Waals surface area contributed by atoms with E-state index in [1.807, 2.05) is 6.07 Å². The van der Waals surface area contributed by atoms with E-state index in [4.69, 9.17) is 0 Å². The van der Waals surface area contributed by atoms with Gasteiger partial charge in [-0.15, -0.1) is 0 Å². The molecule has 4 atom stereocenters. The molecule has 0 amide bonds. The molecule has 2 aromatic carbocycles. The second-order valence-electron chi connectivity index (χ2n) is 6.32. The average molecular weight is 295 g/mol. The Kier molecular flexibility index (Phi) is 4.60. The Hall–Kier alpha value is -1.64. The predicted octanol–water partition coefficient (Wildman–Crippen LogP) is 4.19. The second kappa shape index (κ2) is 6.64. The quantitative estimate of drug-likeness (QED) is 0.917. The van der Waals surface area contributed by atoms with Crippen LogP contribution in [0.3, 0.4) is 0 Å². The molecule has 116 valence electrons. The number of rotatable bonds is 3. The van der Waals surface area contributed by atoms with Crippen molar-refractivity contribution in [1.29, 1.82) is 0 Å². The first-order chi connectivity index (χ1) is 10.7. The zero-order chi connectivity index (χ0) is 15.5. The van der Waals surface area contributed by atoms with Gasteiger partial charge in [0, 0.05) is 18.0 Å². The van der Waals surface area contributed by atoms with Gasteiger partial charge in [0.05, 0.1) is 6.10 Å². The van der Waals surface area contributed by atoms with Gasteiger partial charge in [0.2, 0.25) is 0 Å². The highest BCUT2D eigenvalue weighted by Crippen LogP contribution is 2.45. The topological polar surface area (TPSA) is 23.5 Å². The van der Waals surface area contributed by atoms with E-state index in [-0.39, 0.29) is 24.1 Å². The Bertz CT molecular complexity index is 583. The molecule has 1 aliphatic heterocycles. The number of benzene rings is 2. The lowest BCUT2D eigenvalue weighted by molar-refractivity contribution is -0.0418.